The maximum atomic E-state index is 5.97. The summed E-state index contributed by atoms with van der Waals surface area (Å²) in [5, 5.41) is 4.11. The van der Waals surface area contributed by atoms with Gasteiger partial charge in [-0.2, -0.15) is 0 Å². The predicted octanol–water partition coefficient (Wildman–Crippen LogP) is 5.39. The van der Waals surface area contributed by atoms with Crippen LogP contribution < -0.4 is 19.7 Å². The van der Waals surface area contributed by atoms with Crippen LogP contribution >= 0.6 is 12.2 Å². The van der Waals surface area contributed by atoms with Gasteiger partial charge in [0.15, 0.2) is 5.11 Å². The number of nitrogens with one attached hydrogen (secondary N) is 2. The number of hydrogen-bond acceptors (Lipinski definition) is 4. The number of ether oxygens (including phenoxy) is 2. The van der Waals surface area contributed by atoms with Crippen molar-refractivity contribution in [1.82, 2.24) is 15.3 Å². The van der Waals surface area contributed by atoms with E-state index in [1.165, 1.54) is 0 Å². The molecular weight excluding hydrogens is 420 g/mol. The molecule has 5 rings (SSSR count). The molecule has 4 aromatic rings. The van der Waals surface area contributed by atoms with Crippen molar-refractivity contribution in [3.63, 3.8) is 0 Å². The first-order valence-electron chi connectivity index (χ1n) is 10.3. The van der Waals surface area contributed by atoms with Gasteiger partial charge in [-0.1, -0.05) is 6.07 Å². The maximum Gasteiger partial charge on any atom is 0.174 e. The van der Waals surface area contributed by atoms with E-state index in [0.29, 0.717) is 5.11 Å². The molecule has 0 unspecified atom stereocenters. The molecule has 1 fully saturated rings. The number of pyridine rings is 1. The Bertz CT molecular complexity index is 1180. The number of benzene rings is 2. The van der Waals surface area contributed by atoms with Crippen LogP contribution in [0.15, 0.2) is 91.3 Å². The van der Waals surface area contributed by atoms with Gasteiger partial charge < -0.3 is 24.7 Å². The highest BCUT2D eigenvalue weighted by Crippen LogP contribution is 2.41. The van der Waals surface area contributed by atoms with E-state index < -0.39 is 0 Å². The second-order valence-electron chi connectivity index (χ2n) is 7.39. The van der Waals surface area contributed by atoms with Gasteiger partial charge in [-0.05, 0) is 85.0 Å². The second kappa shape index (κ2) is 8.72. The van der Waals surface area contributed by atoms with Crippen molar-refractivity contribution in [2.75, 3.05) is 12.0 Å². The zero-order valence-corrected chi connectivity index (χ0v) is 18.3. The lowest BCUT2D eigenvalue weighted by atomic mass is 10.0. The van der Waals surface area contributed by atoms with E-state index in [0.717, 1.165) is 34.3 Å². The summed E-state index contributed by atoms with van der Waals surface area (Å²) in [6.45, 7) is 0. The molecule has 1 aliphatic rings. The molecule has 6 nitrogen and oxygen atoms in total. The van der Waals surface area contributed by atoms with Crippen LogP contribution in [-0.4, -0.2) is 22.2 Å². The molecule has 2 N–H and O–H groups in total. The number of rotatable bonds is 6. The highest BCUT2D eigenvalue weighted by molar-refractivity contribution is 7.80. The maximum absolute atomic E-state index is 5.97. The summed E-state index contributed by atoms with van der Waals surface area (Å²) in [6.07, 6.45) is 3.73. The van der Waals surface area contributed by atoms with E-state index >= 15 is 0 Å². The lowest BCUT2D eigenvalue weighted by molar-refractivity contribution is 0.413. The topological polar surface area (TPSA) is 62.4 Å². The summed E-state index contributed by atoms with van der Waals surface area (Å²) in [5.74, 6) is 2.28. The lowest BCUT2D eigenvalue weighted by Gasteiger charge is -2.27. The van der Waals surface area contributed by atoms with Crippen molar-refractivity contribution in [2.24, 2.45) is 0 Å². The number of nitrogens with zero attached hydrogens (tertiary/aromatic N) is 2. The lowest BCUT2D eigenvalue weighted by Crippen LogP contribution is -2.29. The Kier molecular flexibility index (Phi) is 5.47. The van der Waals surface area contributed by atoms with Crippen LogP contribution in [0.3, 0.4) is 0 Å². The standard InChI is InChI=1S/C25H22N4O2S/c1-30-18-11-13-20(14-12-18)31-19-9-7-17(8-10-19)29-24(22-6-4-16-27-22)23(28-25(29)32)21-5-2-3-15-26-21/h2-16,23-24,27H,1H3,(H,28,32)/t23-,24+/m0/s1. The number of aromatic amines is 1. The van der Waals surface area contributed by atoms with Gasteiger partial charge in [0, 0.05) is 23.8 Å². The Morgan fingerprint density at radius 2 is 1.59 bits per heavy atom. The van der Waals surface area contributed by atoms with Gasteiger partial charge in [0.1, 0.15) is 23.3 Å². The summed E-state index contributed by atoms with van der Waals surface area (Å²) in [5.41, 5.74) is 2.98. The highest BCUT2D eigenvalue weighted by Gasteiger charge is 2.41. The second-order valence-corrected chi connectivity index (χ2v) is 7.78. The molecule has 2 aromatic carbocycles. The number of H-pyrrole nitrogens is 1. The fourth-order valence-corrected chi connectivity index (χ4v) is 4.28. The average Bonchev–Trinajstić information content (AvgIpc) is 3.48. The summed E-state index contributed by atoms with van der Waals surface area (Å²) >= 11 is 5.74. The largest absolute Gasteiger partial charge is 0.497 e. The third-order valence-corrected chi connectivity index (χ3v) is 5.76. The molecule has 2 atom stereocenters. The normalized spacial score (nSPS) is 17.8. The van der Waals surface area contributed by atoms with Gasteiger partial charge in [-0.3, -0.25) is 4.98 Å². The van der Waals surface area contributed by atoms with Crippen molar-refractivity contribution in [3.05, 3.63) is 103 Å². The summed E-state index contributed by atoms with van der Waals surface area (Å²) in [4.78, 5) is 10.0. The van der Waals surface area contributed by atoms with E-state index in [-0.39, 0.29) is 12.1 Å². The summed E-state index contributed by atoms with van der Waals surface area (Å²) in [7, 11) is 1.64. The molecule has 0 bridgehead atoms. The minimum absolute atomic E-state index is 0.0549. The fraction of sp³-hybridized carbons (Fsp3) is 0.120. The minimum atomic E-state index is -0.0717. The van der Waals surface area contributed by atoms with Crippen LogP contribution in [0.4, 0.5) is 5.69 Å². The van der Waals surface area contributed by atoms with Crippen LogP contribution in [0, 0.1) is 0 Å². The number of hydrogen-bond donors (Lipinski definition) is 2. The smallest absolute Gasteiger partial charge is 0.174 e. The van der Waals surface area contributed by atoms with E-state index in [2.05, 4.69) is 26.3 Å². The third-order valence-electron chi connectivity index (χ3n) is 5.45. The Labute approximate surface area is 191 Å². The SMILES string of the molecule is COc1ccc(Oc2ccc(N3C(=S)N[C@@H](c4ccccn4)[C@H]3c3ccc[nH]3)cc2)cc1. The summed E-state index contributed by atoms with van der Waals surface area (Å²) < 4.78 is 11.2. The van der Waals surface area contributed by atoms with Gasteiger partial charge in [-0.15, -0.1) is 0 Å². The van der Waals surface area contributed by atoms with E-state index in [1.54, 1.807) is 13.3 Å². The first kappa shape index (κ1) is 20.1. The van der Waals surface area contributed by atoms with Crippen LogP contribution in [0.2, 0.25) is 0 Å². The van der Waals surface area contributed by atoms with Crippen molar-refractivity contribution < 1.29 is 9.47 Å². The molecule has 0 spiro atoms. The van der Waals surface area contributed by atoms with Gasteiger partial charge in [0.05, 0.1) is 18.8 Å². The van der Waals surface area contributed by atoms with Gasteiger partial charge in [0.25, 0.3) is 0 Å². The molecule has 1 saturated heterocycles. The van der Waals surface area contributed by atoms with Crippen molar-refractivity contribution in [2.45, 2.75) is 12.1 Å². The highest BCUT2D eigenvalue weighted by atomic mass is 32.1. The molecule has 1 aliphatic heterocycles. The van der Waals surface area contributed by atoms with Crippen molar-refractivity contribution in [1.29, 1.82) is 0 Å². The molecule has 3 heterocycles. The Hall–Kier alpha value is -3.84. The zero-order chi connectivity index (χ0) is 21.9. The Morgan fingerprint density at radius 3 is 2.22 bits per heavy atom. The van der Waals surface area contributed by atoms with Crippen LogP contribution in [0.1, 0.15) is 23.5 Å². The van der Waals surface area contributed by atoms with Crippen molar-refractivity contribution in [3.8, 4) is 17.2 Å². The van der Waals surface area contributed by atoms with E-state index in [1.807, 2.05) is 79.0 Å². The van der Waals surface area contributed by atoms with E-state index in [4.69, 9.17) is 21.7 Å². The number of anilines is 1. The number of methoxy groups -OCH3 is 1. The van der Waals surface area contributed by atoms with Crippen LogP contribution in [-0.2, 0) is 0 Å². The average molecular weight is 443 g/mol. The monoisotopic (exact) mass is 442 g/mol. The Morgan fingerprint density at radius 1 is 0.875 bits per heavy atom. The van der Waals surface area contributed by atoms with Crippen molar-refractivity contribution >= 4 is 23.0 Å². The molecule has 0 amide bonds. The quantitative estimate of drug-likeness (QED) is 0.391. The molecular formula is C25H22N4O2S. The molecule has 160 valence electrons. The number of thiocarbonyl (C=S) groups is 1. The first-order valence-corrected chi connectivity index (χ1v) is 10.7. The minimum Gasteiger partial charge on any atom is -0.497 e. The van der Waals surface area contributed by atoms with Gasteiger partial charge in [0.2, 0.25) is 0 Å². The first-order chi connectivity index (χ1) is 15.7. The van der Waals surface area contributed by atoms with Gasteiger partial charge >= 0.3 is 0 Å². The molecule has 2 aromatic heterocycles. The van der Waals surface area contributed by atoms with E-state index in [9.17, 15) is 0 Å². The molecule has 0 aliphatic carbocycles. The van der Waals surface area contributed by atoms with Crippen LogP contribution in [0.5, 0.6) is 17.2 Å². The molecule has 0 radical (unpaired) electrons. The molecule has 7 heteroatoms. The van der Waals surface area contributed by atoms with Gasteiger partial charge in [-0.25, -0.2) is 0 Å². The zero-order valence-electron chi connectivity index (χ0n) is 17.4. The Balaban J connectivity index is 1.42. The third kappa shape index (κ3) is 3.90. The summed E-state index contributed by atoms with van der Waals surface area (Å²) in [6, 6.07) is 25.3. The predicted molar refractivity (Wildman–Crippen MR) is 128 cm³/mol. The molecule has 32 heavy (non-hydrogen) atoms. The fourth-order valence-electron chi connectivity index (χ4n) is 3.93. The number of aromatic nitrogens is 2. The van der Waals surface area contributed by atoms with Crippen LogP contribution in [0.25, 0.3) is 0 Å². The molecule has 0 saturated carbocycles.